The summed E-state index contributed by atoms with van der Waals surface area (Å²) in [7, 11) is 0. The van der Waals surface area contributed by atoms with Crippen LogP contribution in [-0.4, -0.2) is 17.4 Å². The highest BCUT2D eigenvalue weighted by molar-refractivity contribution is 6.05. The van der Waals surface area contributed by atoms with Crippen molar-refractivity contribution in [3.05, 3.63) is 53.9 Å². The van der Waals surface area contributed by atoms with E-state index in [-0.39, 0.29) is 5.91 Å². The van der Waals surface area contributed by atoms with Gasteiger partial charge in [-0.25, -0.2) is 0 Å². The largest absolute Gasteiger partial charge is 0.384 e. The number of nitrogens with one attached hydrogen (secondary N) is 2. The van der Waals surface area contributed by atoms with Crippen LogP contribution in [0.1, 0.15) is 42.1 Å². The molecule has 1 heterocycles. The van der Waals surface area contributed by atoms with E-state index in [1.807, 2.05) is 0 Å². The molecule has 0 bridgehead atoms. The molecule has 0 atom stereocenters. The molecule has 1 aromatic carbocycles. The molecule has 0 aliphatic carbocycles. The smallest absolute Gasteiger partial charge is 0.257 e. The number of hydrogen-bond acceptors (Lipinski definition) is 4. The summed E-state index contributed by atoms with van der Waals surface area (Å²) in [4.78, 5) is 16.4. The number of aromatic nitrogens is 1. The first kappa shape index (κ1) is 16.5. The Kier molecular flexibility index (Phi) is 6.13. The first-order chi connectivity index (χ1) is 11.2. The zero-order valence-corrected chi connectivity index (χ0v) is 13.2. The maximum Gasteiger partial charge on any atom is 0.257 e. The average Bonchev–Trinajstić information content (AvgIpc) is 2.59. The first-order valence-corrected chi connectivity index (χ1v) is 7.74. The lowest BCUT2D eigenvalue weighted by Crippen LogP contribution is -2.13. The van der Waals surface area contributed by atoms with E-state index < -0.39 is 0 Å². The highest BCUT2D eigenvalue weighted by Gasteiger charge is 2.09. The van der Waals surface area contributed by atoms with Gasteiger partial charge < -0.3 is 10.6 Å². The second-order valence-electron chi connectivity index (χ2n) is 5.21. The molecule has 118 valence electrons. The van der Waals surface area contributed by atoms with Crippen LogP contribution >= 0.6 is 0 Å². The third-order valence-corrected chi connectivity index (χ3v) is 3.41. The summed E-state index contributed by atoms with van der Waals surface area (Å²) in [6.45, 7) is 3.02. The average molecular weight is 308 g/mol. The Morgan fingerprint density at radius 3 is 2.87 bits per heavy atom. The lowest BCUT2D eigenvalue weighted by atomic mass is 10.2. The fraction of sp³-hybridized carbons (Fsp3) is 0.278. The molecule has 0 aliphatic rings. The number of unbranched alkanes of at least 4 members (excludes halogenated alkanes) is 2. The summed E-state index contributed by atoms with van der Waals surface area (Å²) in [5.41, 5.74) is 2.21. The normalized spacial score (nSPS) is 9.91. The van der Waals surface area contributed by atoms with Gasteiger partial charge in [-0.05, 0) is 24.6 Å². The van der Waals surface area contributed by atoms with Gasteiger partial charge in [0.05, 0.1) is 22.5 Å². The summed E-state index contributed by atoms with van der Waals surface area (Å²) in [6, 6.07) is 10.7. The fourth-order valence-corrected chi connectivity index (χ4v) is 2.15. The lowest BCUT2D eigenvalue weighted by Gasteiger charge is -2.09. The minimum Gasteiger partial charge on any atom is -0.384 e. The molecule has 1 amide bonds. The molecule has 0 spiro atoms. The molecule has 0 saturated heterocycles. The van der Waals surface area contributed by atoms with Crippen molar-refractivity contribution < 1.29 is 4.79 Å². The molecular weight excluding hydrogens is 288 g/mol. The number of para-hydroxylation sites is 1. The number of amides is 1. The molecule has 5 nitrogen and oxygen atoms in total. The predicted octanol–water partition coefficient (Wildman–Crippen LogP) is 3.81. The zero-order valence-electron chi connectivity index (χ0n) is 13.2. The number of rotatable bonds is 7. The summed E-state index contributed by atoms with van der Waals surface area (Å²) < 4.78 is 0. The van der Waals surface area contributed by atoms with Crippen LogP contribution in [0.15, 0.2) is 42.7 Å². The van der Waals surface area contributed by atoms with Crippen molar-refractivity contribution in [1.29, 1.82) is 5.26 Å². The van der Waals surface area contributed by atoms with Crippen LogP contribution in [0.3, 0.4) is 0 Å². The zero-order chi connectivity index (χ0) is 16.5. The van der Waals surface area contributed by atoms with Gasteiger partial charge >= 0.3 is 0 Å². The maximum absolute atomic E-state index is 12.3. The second kappa shape index (κ2) is 8.54. The number of carbonyl (C=O) groups is 1. The van der Waals surface area contributed by atoms with E-state index >= 15 is 0 Å². The third kappa shape index (κ3) is 4.82. The van der Waals surface area contributed by atoms with E-state index in [1.54, 1.807) is 36.5 Å². The molecule has 0 fully saturated rings. The van der Waals surface area contributed by atoms with Crippen molar-refractivity contribution in [2.75, 3.05) is 17.2 Å². The van der Waals surface area contributed by atoms with Crippen LogP contribution < -0.4 is 10.6 Å². The van der Waals surface area contributed by atoms with Gasteiger partial charge in [-0.2, -0.15) is 5.26 Å². The maximum atomic E-state index is 12.3. The minimum atomic E-state index is -0.280. The van der Waals surface area contributed by atoms with Crippen molar-refractivity contribution >= 4 is 17.3 Å². The van der Waals surface area contributed by atoms with Crippen molar-refractivity contribution in [2.45, 2.75) is 26.2 Å². The summed E-state index contributed by atoms with van der Waals surface area (Å²) in [5.74, 6) is -0.280. The molecule has 2 rings (SSSR count). The Morgan fingerprint density at radius 1 is 1.26 bits per heavy atom. The summed E-state index contributed by atoms with van der Waals surface area (Å²) in [5, 5.41) is 15.1. The Bertz CT molecular complexity index is 706. The van der Waals surface area contributed by atoms with Gasteiger partial charge in [0.15, 0.2) is 0 Å². The van der Waals surface area contributed by atoms with Crippen molar-refractivity contribution in [1.82, 2.24) is 4.98 Å². The SMILES string of the molecule is CCCCCNc1cncc(C(=O)Nc2ccccc2C#N)c1. The minimum absolute atomic E-state index is 0.280. The summed E-state index contributed by atoms with van der Waals surface area (Å²) >= 11 is 0. The molecule has 0 saturated carbocycles. The molecule has 2 N–H and O–H groups in total. The van der Waals surface area contributed by atoms with Crippen molar-refractivity contribution in [3.63, 3.8) is 0 Å². The molecule has 1 aromatic heterocycles. The van der Waals surface area contributed by atoms with E-state index in [0.29, 0.717) is 16.8 Å². The van der Waals surface area contributed by atoms with Gasteiger partial charge in [0, 0.05) is 18.9 Å². The van der Waals surface area contributed by atoms with Crippen LogP contribution in [0.2, 0.25) is 0 Å². The van der Waals surface area contributed by atoms with E-state index in [1.165, 1.54) is 19.0 Å². The Morgan fingerprint density at radius 2 is 2.09 bits per heavy atom. The van der Waals surface area contributed by atoms with Crippen molar-refractivity contribution in [2.24, 2.45) is 0 Å². The molecule has 0 radical (unpaired) electrons. The van der Waals surface area contributed by atoms with Gasteiger partial charge in [0.25, 0.3) is 5.91 Å². The molecule has 5 heteroatoms. The van der Waals surface area contributed by atoms with Gasteiger partial charge in [-0.15, -0.1) is 0 Å². The number of hydrogen-bond donors (Lipinski definition) is 2. The number of carbonyl (C=O) groups excluding carboxylic acids is 1. The highest BCUT2D eigenvalue weighted by atomic mass is 16.1. The van der Waals surface area contributed by atoms with Gasteiger partial charge in [-0.1, -0.05) is 31.9 Å². The Hall–Kier alpha value is -2.87. The fourth-order valence-electron chi connectivity index (χ4n) is 2.15. The van der Waals surface area contributed by atoms with Crippen LogP contribution in [0.5, 0.6) is 0 Å². The van der Waals surface area contributed by atoms with Crippen LogP contribution in [0.4, 0.5) is 11.4 Å². The van der Waals surface area contributed by atoms with Crippen LogP contribution in [0, 0.1) is 11.3 Å². The number of benzene rings is 1. The predicted molar refractivity (Wildman–Crippen MR) is 91.4 cm³/mol. The molecule has 0 aliphatic heterocycles. The first-order valence-electron chi connectivity index (χ1n) is 7.74. The van der Waals surface area contributed by atoms with Gasteiger partial charge in [0.2, 0.25) is 0 Å². The summed E-state index contributed by atoms with van der Waals surface area (Å²) in [6.07, 6.45) is 6.64. The van der Waals surface area contributed by atoms with Crippen LogP contribution in [-0.2, 0) is 0 Å². The number of nitriles is 1. The highest BCUT2D eigenvalue weighted by Crippen LogP contribution is 2.16. The molecule has 2 aromatic rings. The van der Waals surface area contributed by atoms with E-state index in [4.69, 9.17) is 5.26 Å². The van der Waals surface area contributed by atoms with E-state index in [2.05, 4.69) is 28.6 Å². The number of nitrogens with zero attached hydrogens (tertiary/aromatic N) is 2. The molecule has 23 heavy (non-hydrogen) atoms. The second-order valence-corrected chi connectivity index (χ2v) is 5.21. The van der Waals surface area contributed by atoms with Crippen LogP contribution in [0.25, 0.3) is 0 Å². The molecular formula is C18H20N4O. The van der Waals surface area contributed by atoms with Crippen molar-refractivity contribution in [3.8, 4) is 6.07 Å². The van der Waals surface area contributed by atoms with Gasteiger partial charge in [-0.3, -0.25) is 9.78 Å². The number of anilines is 2. The lowest BCUT2D eigenvalue weighted by molar-refractivity contribution is 0.102. The Balaban J connectivity index is 2.03. The topological polar surface area (TPSA) is 77.8 Å². The number of pyridine rings is 1. The Labute approximate surface area is 136 Å². The van der Waals surface area contributed by atoms with E-state index in [0.717, 1.165) is 18.7 Å². The third-order valence-electron chi connectivity index (χ3n) is 3.41. The molecule has 0 unspecified atom stereocenters. The quantitative estimate of drug-likeness (QED) is 0.762. The van der Waals surface area contributed by atoms with E-state index in [9.17, 15) is 4.79 Å². The van der Waals surface area contributed by atoms with Gasteiger partial charge in [0.1, 0.15) is 6.07 Å². The standard InChI is InChI=1S/C18H20N4O/c1-2-3-6-9-21-16-10-15(12-20-13-16)18(23)22-17-8-5-4-7-14(17)11-19/h4-5,7-8,10,12-13,21H,2-3,6,9H2,1H3,(H,22,23). The monoisotopic (exact) mass is 308 g/mol.